The first-order chi connectivity index (χ1) is 6.24. The maximum Gasteiger partial charge on any atom is 0.259 e. The van der Waals surface area contributed by atoms with E-state index in [4.69, 9.17) is 17.0 Å². The summed E-state index contributed by atoms with van der Waals surface area (Å²) in [5.41, 5.74) is 1.23. The summed E-state index contributed by atoms with van der Waals surface area (Å²) in [4.78, 5) is 1.89. The molecule has 1 rings (SSSR count). The van der Waals surface area contributed by atoms with Crippen LogP contribution in [0.2, 0.25) is 0 Å². The molecule has 2 nitrogen and oxygen atoms in total. The third-order valence-electron chi connectivity index (χ3n) is 1.75. The van der Waals surface area contributed by atoms with Crippen LogP contribution in [0.25, 0.3) is 0 Å². The smallest absolute Gasteiger partial charge is 0.259 e. The molecule has 0 radical (unpaired) electrons. The lowest BCUT2D eigenvalue weighted by molar-refractivity contribution is 0.319. The Hall–Kier alpha value is -1.09. The van der Waals surface area contributed by atoms with E-state index in [1.807, 2.05) is 30.1 Å². The second kappa shape index (κ2) is 4.82. The highest BCUT2D eigenvalue weighted by Gasteiger charge is 2.03. The maximum atomic E-state index is 4.98. The van der Waals surface area contributed by atoms with Crippen molar-refractivity contribution in [3.63, 3.8) is 0 Å². The van der Waals surface area contributed by atoms with Crippen LogP contribution in [0.1, 0.15) is 5.56 Å². The van der Waals surface area contributed by atoms with Gasteiger partial charge in [-0.15, -0.1) is 0 Å². The average Bonchev–Trinajstić information content (AvgIpc) is 2.18. The number of hydrogen-bond acceptors (Lipinski definition) is 2. The first-order valence-electron chi connectivity index (χ1n) is 4.07. The summed E-state index contributed by atoms with van der Waals surface area (Å²) in [7, 11) is 3.50. The Balaban J connectivity index is 2.55. The number of thiocarbonyl (C=S) groups is 1. The molecule has 0 saturated heterocycles. The predicted molar refractivity (Wildman–Crippen MR) is 57.5 cm³/mol. The molecule has 1 aromatic rings. The predicted octanol–water partition coefficient (Wildman–Crippen LogP) is 2.05. The van der Waals surface area contributed by atoms with Gasteiger partial charge in [0.25, 0.3) is 5.17 Å². The van der Waals surface area contributed by atoms with E-state index in [2.05, 4.69) is 12.1 Å². The van der Waals surface area contributed by atoms with Crippen molar-refractivity contribution in [3.8, 4) is 0 Å². The summed E-state index contributed by atoms with van der Waals surface area (Å²) in [6, 6.07) is 10.2. The van der Waals surface area contributed by atoms with Gasteiger partial charge in [0, 0.05) is 13.6 Å². The van der Waals surface area contributed by atoms with E-state index >= 15 is 0 Å². The van der Waals surface area contributed by atoms with Gasteiger partial charge in [0.15, 0.2) is 0 Å². The summed E-state index contributed by atoms with van der Waals surface area (Å²) < 4.78 is 4.94. The molecule has 0 spiro atoms. The molecule has 0 unspecified atom stereocenters. The van der Waals surface area contributed by atoms with E-state index in [9.17, 15) is 0 Å². The average molecular weight is 195 g/mol. The molecule has 0 aliphatic heterocycles. The highest BCUT2D eigenvalue weighted by molar-refractivity contribution is 7.79. The van der Waals surface area contributed by atoms with Crippen molar-refractivity contribution < 1.29 is 4.74 Å². The highest BCUT2D eigenvalue weighted by Crippen LogP contribution is 2.03. The SMILES string of the molecule is COC(=S)N(C)Cc1ccccc1. The fourth-order valence-corrected chi connectivity index (χ4v) is 1.14. The molecule has 70 valence electrons. The molecule has 0 atom stereocenters. The monoisotopic (exact) mass is 195 g/mol. The second-order valence-electron chi connectivity index (χ2n) is 2.81. The Kier molecular flexibility index (Phi) is 3.71. The molecule has 0 saturated carbocycles. The third-order valence-corrected chi connectivity index (χ3v) is 2.23. The lowest BCUT2D eigenvalue weighted by Gasteiger charge is -2.17. The van der Waals surface area contributed by atoms with Crippen LogP contribution in [-0.4, -0.2) is 24.2 Å². The maximum absolute atomic E-state index is 4.98. The van der Waals surface area contributed by atoms with Crippen LogP contribution in [0.15, 0.2) is 30.3 Å². The fourth-order valence-electron chi connectivity index (χ4n) is 1.08. The fraction of sp³-hybridized carbons (Fsp3) is 0.300. The van der Waals surface area contributed by atoms with Gasteiger partial charge in [0.2, 0.25) is 0 Å². The van der Waals surface area contributed by atoms with Crippen molar-refractivity contribution in [2.75, 3.05) is 14.2 Å². The minimum atomic E-state index is 0.517. The molecule has 0 N–H and O–H groups in total. The Morgan fingerprint density at radius 3 is 2.54 bits per heavy atom. The summed E-state index contributed by atoms with van der Waals surface area (Å²) in [5.74, 6) is 0. The molecular weight excluding hydrogens is 182 g/mol. The summed E-state index contributed by atoms with van der Waals surface area (Å²) >= 11 is 4.98. The molecule has 0 fully saturated rings. The molecule has 0 aromatic heterocycles. The first kappa shape index (κ1) is 9.99. The number of benzene rings is 1. The van der Waals surface area contributed by atoms with E-state index < -0.39 is 0 Å². The summed E-state index contributed by atoms with van der Waals surface area (Å²) in [6.07, 6.45) is 0. The quantitative estimate of drug-likeness (QED) is 0.670. The summed E-state index contributed by atoms with van der Waals surface area (Å²) in [6.45, 7) is 0.785. The third kappa shape index (κ3) is 3.03. The molecular formula is C10H13NOS. The first-order valence-corrected chi connectivity index (χ1v) is 4.48. The standard InChI is InChI=1S/C10H13NOS/c1-11(10(13)12-2)8-9-6-4-3-5-7-9/h3-7H,8H2,1-2H3. The molecule has 1 aromatic carbocycles. The van der Waals surface area contributed by atoms with Crippen molar-refractivity contribution in [1.29, 1.82) is 0 Å². The molecule has 13 heavy (non-hydrogen) atoms. The Morgan fingerprint density at radius 2 is 2.00 bits per heavy atom. The Morgan fingerprint density at radius 1 is 1.38 bits per heavy atom. The van der Waals surface area contributed by atoms with Gasteiger partial charge in [-0.25, -0.2) is 0 Å². The second-order valence-corrected chi connectivity index (χ2v) is 3.16. The molecule has 0 aliphatic carbocycles. The van der Waals surface area contributed by atoms with E-state index in [0.29, 0.717) is 5.17 Å². The lowest BCUT2D eigenvalue weighted by Crippen LogP contribution is -2.25. The van der Waals surface area contributed by atoms with Gasteiger partial charge in [-0.1, -0.05) is 30.3 Å². The van der Waals surface area contributed by atoms with E-state index in [-0.39, 0.29) is 0 Å². The number of nitrogens with zero attached hydrogens (tertiary/aromatic N) is 1. The minimum absolute atomic E-state index is 0.517. The Labute approximate surface area is 84.1 Å². The van der Waals surface area contributed by atoms with Crippen LogP contribution in [0.5, 0.6) is 0 Å². The van der Waals surface area contributed by atoms with Crippen molar-refractivity contribution in [3.05, 3.63) is 35.9 Å². The van der Waals surface area contributed by atoms with Gasteiger partial charge >= 0.3 is 0 Å². The highest BCUT2D eigenvalue weighted by atomic mass is 32.1. The van der Waals surface area contributed by atoms with Crippen LogP contribution in [0, 0.1) is 0 Å². The molecule has 0 heterocycles. The van der Waals surface area contributed by atoms with Crippen molar-refractivity contribution in [1.82, 2.24) is 4.90 Å². The van der Waals surface area contributed by atoms with Gasteiger partial charge < -0.3 is 9.64 Å². The molecule has 0 aliphatic rings. The normalized spacial score (nSPS) is 9.38. The van der Waals surface area contributed by atoms with E-state index in [0.717, 1.165) is 6.54 Å². The number of rotatable bonds is 2. The number of hydrogen-bond donors (Lipinski definition) is 0. The van der Waals surface area contributed by atoms with E-state index in [1.165, 1.54) is 5.56 Å². The van der Waals surface area contributed by atoms with Crippen molar-refractivity contribution in [2.24, 2.45) is 0 Å². The van der Waals surface area contributed by atoms with Crippen molar-refractivity contribution >= 4 is 17.4 Å². The molecule has 0 amide bonds. The lowest BCUT2D eigenvalue weighted by atomic mass is 10.2. The van der Waals surface area contributed by atoms with Gasteiger partial charge in [-0.3, -0.25) is 0 Å². The Bertz CT molecular complexity index is 274. The van der Waals surface area contributed by atoms with Gasteiger partial charge in [-0.2, -0.15) is 0 Å². The van der Waals surface area contributed by atoms with Crippen molar-refractivity contribution in [2.45, 2.75) is 6.54 Å². The minimum Gasteiger partial charge on any atom is -0.474 e. The number of ether oxygens (including phenoxy) is 1. The van der Waals surface area contributed by atoms with Crippen LogP contribution >= 0.6 is 12.2 Å². The zero-order valence-corrected chi connectivity index (χ0v) is 8.67. The topological polar surface area (TPSA) is 12.5 Å². The largest absolute Gasteiger partial charge is 0.474 e. The zero-order chi connectivity index (χ0) is 9.68. The molecule has 3 heteroatoms. The van der Waals surface area contributed by atoms with Crippen LogP contribution in [0.4, 0.5) is 0 Å². The van der Waals surface area contributed by atoms with Gasteiger partial charge in [0.05, 0.1) is 7.11 Å². The van der Waals surface area contributed by atoms with Gasteiger partial charge in [-0.05, 0) is 17.8 Å². The van der Waals surface area contributed by atoms with Crippen LogP contribution in [0.3, 0.4) is 0 Å². The zero-order valence-electron chi connectivity index (χ0n) is 7.86. The van der Waals surface area contributed by atoms with Crippen LogP contribution < -0.4 is 0 Å². The van der Waals surface area contributed by atoms with Crippen LogP contribution in [-0.2, 0) is 11.3 Å². The van der Waals surface area contributed by atoms with Gasteiger partial charge in [0.1, 0.15) is 0 Å². The number of methoxy groups -OCH3 is 1. The molecule has 0 bridgehead atoms. The summed E-state index contributed by atoms with van der Waals surface area (Å²) in [5, 5.41) is 0.517. The van der Waals surface area contributed by atoms with E-state index in [1.54, 1.807) is 7.11 Å².